The van der Waals surface area contributed by atoms with Crippen molar-refractivity contribution in [3.8, 4) is 0 Å². The number of anilines is 1. The highest BCUT2D eigenvalue weighted by Gasteiger charge is 2.17. The number of nitrogens with zero attached hydrogens (tertiary/aromatic N) is 3. The third-order valence-corrected chi connectivity index (χ3v) is 3.36. The second-order valence-electron chi connectivity index (χ2n) is 4.03. The van der Waals surface area contributed by atoms with Crippen LogP contribution in [-0.2, 0) is 6.54 Å². The molecule has 0 radical (unpaired) electrons. The summed E-state index contributed by atoms with van der Waals surface area (Å²) in [5.41, 5.74) is 1.63. The van der Waals surface area contributed by atoms with Crippen LogP contribution in [0.3, 0.4) is 0 Å². The summed E-state index contributed by atoms with van der Waals surface area (Å²) in [6, 6.07) is 5.25. The molecule has 0 atom stereocenters. The molecule has 0 unspecified atom stereocenters. The number of aryl methyl sites for hydroxylation is 1. The quantitative estimate of drug-likeness (QED) is 0.628. The van der Waals surface area contributed by atoms with Gasteiger partial charge in [0.25, 0.3) is 5.69 Å². The number of benzene rings is 1. The first kappa shape index (κ1) is 12.5. The van der Waals surface area contributed by atoms with E-state index in [4.69, 9.17) is 0 Å². The number of thiazole rings is 1. The predicted molar refractivity (Wildman–Crippen MR) is 72.1 cm³/mol. The standard InChI is InChI=1S/C12H13N3O2S/c1-9-3-4-10(11(7-9)15(16)17)14(2)8-12-13-5-6-18-12/h3-7H,8H2,1-2H3. The molecule has 0 aliphatic carbocycles. The van der Waals surface area contributed by atoms with E-state index in [1.807, 2.05) is 30.3 Å². The van der Waals surface area contributed by atoms with Crippen LogP contribution in [0.15, 0.2) is 29.8 Å². The van der Waals surface area contributed by atoms with Crippen LogP contribution in [-0.4, -0.2) is 17.0 Å². The second kappa shape index (κ2) is 5.14. The number of rotatable bonds is 4. The monoisotopic (exact) mass is 263 g/mol. The van der Waals surface area contributed by atoms with E-state index in [1.165, 1.54) is 0 Å². The lowest BCUT2D eigenvalue weighted by molar-refractivity contribution is -0.384. The highest BCUT2D eigenvalue weighted by molar-refractivity contribution is 7.09. The van der Waals surface area contributed by atoms with Gasteiger partial charge in [-0.1, -0.05) is 6.07 Å². The van der Waals surface area contributed by atoms with Crippen molar-refractivity contribution >= 4 is 22.7 Å². The maximum Gasteiger partial charge on any atom is 0.292 e. The van der Waals surface area contributed by atoms with E-state index in [9.17, 15) is 10.1 Å². The molecule has 1 aromatic heterocycles. The van der Waals surface area contributed by atoms with Crippen molar-refractivity contribution in [3.05, 3.63) is 50.5 Å². The minimum atomic E-state index is -0.347. The lowest BCUT2D eigenvalue weighted by atomic mass is 10.2. The number of nitro benzene ring substituents is 1. The highest BCUT2D eigenvalue weighted by atomic mass is 32.1. The highest BCUT2D eigenvalue weighted by Crippen LogP contribution is 2.29. The fourth-order valence-corrected chi connectivity index (χ4v) is 2.39. The van der Waals surface area contributed by atoms with Gasteiger partial charge in [0.2, 0.25) is 0 Å². The lowest BCUT2D eigenvalue weighted by Crippen LogP contribution is -2.17. The zero-order chi connectivity index (χ0) is 13.1. The fraction of sp³-hybridized carbons (Fsp3) is 0.250. The van der Waals surface area contributed by atoms with E-state index < -0.39 is 0 Å². The van der Waals surface area contributed by atoms with Crippen molar-refractivity contribution in [2.24, 2.45) is 0 Å². The van der Waals surface area contributed by atoms with Crippen molar-refractivity contribution < 1.29 is 4.92 Å². The molecule has 18 heavy (non-hydrogen) atoms. The molecule has 1 heterocycles. The minimum Gasteiger partial charge on any atom is -0.362 e. The largest absolute Gasteiger partial charge is 0.362 e. The van der Waals surface area contributed by atoms with E-state index in [0.29, 0.717) is 12.2 Å². The molecule has 5 nitrogen and oxygen atoms in total. The molecule has 0 saturated carbocycles. The van der Waals surface area contributed by atoms with Gasteiger partial charge >= 0.3 is 0 Å². The van der Waals surface area contributed by atoms with E-state index in [1.54, 1.807) is 29.7 Å². The molecule has 0 aliphatic rings. The molecule has 0 fully saturated rings. The van der Waals surface area contributed by atoms with Crippen LogP contribution in [0, 0.1) is 17.0 Å². The van der Waals surface area contributed by atoms with Crippen molar-refractivity contribution in [2.45, 2.75) is 13.5 Å². The van der Waals surface area contributed by atoms with Gasteiger partial charge in [-0.3, -0.25) is 10.1 Å². The minimum absolute atomic E-state index is 0.133. The van der Waals surface area contributed by atoms with Crippen LogP contribution < -0.4 is 4.90 Å². The molecule has 1 aromatic carbocycles. The molecule has 0 amide bonds. The van der Waals surface area contributed by atoms with Gasteiger partial charge in [-0.15, -0.1) is 11.3 Å². The Labute approximate surface area is 109 Å². The Balaban J connectivity index is 2.29. The van der Waals surface area contributed by atoms with Crippen LogP contribution in [0.5, 0.6) is 0 Å². The van der Waals surface area contributed by atoms with Crippen LogP contribution >= 0.6 is 11.3 Å². The summed E-state index contributed by atoms with van der Waals surface area (Å²) >= 11 is 1.54. The predicted octanol–water partition coefficient (Wildman–Crippen LogP) is 3.00. The summed E-state index contributed by atoms with van der Waals surface area (Å²) in [6.45, 7) is 2.42. The molecular weight excluding hydrogens is 250 g/mol. The average molecular weight is 263 g/mol. The van der Waals surface area contributed by atoms with E-state index in [2.05, 4.69) is 4.98 Å². The van der Waals surface area contributed by atoms with Gasteiger partial charge in [0, 0.05) is 24.7 Å². The third kappa shape index (κ3) is 2.65. The number of aromatic nitrogens is 1. The van der Waals surface area contributed by atoms with E-state index in [-0.39, 0.29) is 10.6 Å². The zero-order valence-corrected chi connectivity index (χ0v) is 11.0. The smallest absolute Gasteiger partial charge is 0.292 e. The molecule has 0 spiro atoms. The normalized spacial score (nSPS) is 10.3. The Hall–Kier alpha value is -1.95. The molecule has 6 heteroatoms. The van der Waals surface area contributed by atoms with Gasteiger partial charge < -0.3 is 4.90 Å². The molecule has 2 aromatic rings. The first-order valence-electron chi connectivity index (χ1n) is 5.42. The van der Waals surface area contributed by atoms with Crippen molar-refractivity contribution in [1.82, 2.24) is 4.98 Å². The summed E-state index contributed by atoms with van der Waals surface area (Å²) in [7, 11) is 1.83. The molecule has 0 aliphatic heterocycles. The molecule has 0 saturated heterocycles. The maximum atomic E-state index is 11.0. The SMILES string of the molecule is Cc1ccc(N(C)Cc2nccs2)c([N+](=O)[O-])c1. The van der Waals surface area contributed by atoms with Gasteiger partial charge in [0.1, 0.15) is 10.7 Å². The second-order valence-corrected chi connectivity index (χ2v) is 5.01. The Morgan fingerprint density at radius 2 is 2.28 bits per heavy atom. The van der Waals surface area contributed by atoms with Gasteiger partial charge in [-0.2, -0.15) is 0 Å². The topological polar surface area (TPSA) is 59.3 Å². The van der Waals surface area contributed by atoms with E-state index >= 15 is 0 Å². The van der Waals surface area contributed by atoms with E-state index in [0.717, 1.165) is 10.6 Å². The summed E-state index contributed by atoms with van der Waals surface area (Å²) in [4.78, 5) is 16.7. The zero-order valence-electron chi connectivity index (χ0n) is 10.2. The van der Waals surface area contributed by atoms with Gasteiger partial charge in [0.15, 0.2) is 0 Å². The van der Waals surface area contributed by atoms with Crippen LogP contribution in [0.1, 0.15) is 10.6 Å². The maximum absolute atomic E-state index is 11.0. The Kier molecular flexibility index (Phi) is 3.57. The fourth-order valence-electron chi connectivity index (χ4n) is 1.72. The molecule has 0 bridgehead atoms. The number of hydrogen-bond donors (Lipinski definition) is 0. The summed E-state index contributed by atoms with van der Waals surface area (Å²) in [5.74, 6) is 0. The Morgan fingerprint density at radius 3 is 2.89 bits per heavy atom. The summed E-state index contributed by atoms with van der Waals surface area (Å²) in [5, 5.41) is 13.9. The van der Waals surface area contributed by atoms with Gasteiger partial charge in [-0.05, 0) is 18.6 Å². The summed E-state index contributed by atoms with van der Waals surface area (Å²) < 4.78 is 0. The molecule has 94 valence electrons. The van der Waals surface area contributed by atoms with Gasteiger partial charge in [0.05, 0.1) is 11.5 Å². The van der Waals surface area contributed by atoms with Gasteiger partial charge in [-0.25, -0.2) is 4.98 Å². The Morgan fingerprint density at radius 1 is 1.50 bits per heavy atom. The molecule has 0 N–H and O–H groups in total. The Bertz CT molecular complexity index is 554. The average Bonchev–Trinajstić information content (AvgIpc) is 2.81. The number of hydrogen-bond acceptors (Lipinski definition) is 5. The third-order valence-electron chi connectivity index (χ3n) is 2.59. The van der Waals surface area contributed by atoms with Crippen molar-refractivity contribution in [2.75, 3.05) is 11.9 Å². The van der Waals surface area contributed by atoms with Crippen molar-refractivity contribution in [1.29, 1.82) is 0 Å². The summed E-state index contributed by atoms with van der Waals surface area (Å²) in [6.07, 6.45) is 1.73. The first-order valence-corrected chi connectivity index (χ1v) is 6.30. The van der Waals surface area contributed by atoms with Crippen LogP contribution in [0.2, 0.25) is 0 Å². The van der Waals surface area contributed by atoms with Crippen molar-refractivity contribution in [3.63, 3.8) is 0 Å². The first-order chi connectivity index (χ1) is 8.58. The molecule has 2 rings (SSSR count). The lowest BCUT2D eigenvalue weighted by Gasteiger charge is -2.17. The van der Waals surface area contributed by atoms with Crippen LogP contribution in [0.4, 0.5) is 11.4 Å². The molecular formula is C12H13N3O2S. The van der Waals surface area contributed by atoms with Crippen LogP contribution in [0.25, 0.3) is 0 Å². The number of nitro groups is 1.